The van der Waals surface area contributed by atoms with Crippen LogP contribution in [-0.4, -0.2) is 33.5 Å². The molecule has 0 aromatic heterocycles. The van der Waals surface area contributed by atoms with Crippen molar-refractivity contribution in [3.63, 3.8) is 0 Å². The molecule has 1 aliphatic heterocycles. The topological polar surface area (TPSA) is 27.7 Å². The Morgan fingerprint density at radius 1 is 1.05 bits per heavy atom. The number of hydrogen-bond donors (Lipinski definition) is 0. The number of hydrogen-bond acceptors (Lipinski definition) is 3. The van der Waals surface area contributed by atoms with Crippen molar-refractivity contribution in [3.05, 3.63) is 35.9 Å². The summed E-state index contributed by atoms with van der Waals surface area (Å²) >= 11 is 0. The third-order valence-corrected chi connectivity index (χ3v) is 9.07. The van der Waals surface area contributed by atoms with E-state index in [2.05, 4.69) is 57.7 Å². The molecule has 1 aromatic rings. The number of rotatable bonds is 7. The van der Waals surface area contributed by atoms with Crippen LogP contribution < -0.4 is 0 Å². The molecule has 2 rings (SSSR count). The molecular weight excluding hydrogens is 292 g/mol. The standard InChI is InChI=1S/C18H30O3Si/c1-5-19-18(20-6-2)17(16-12-9-8-10-13-16)14-11-15-22(18,4)21-7-3/h8-10,12-13,17H,5-7,11,14-15H2,1-4H3. The molecule has 0 aliphatic carbocycles. The van der Waals surface area contributed by atoms with Crippen LogP contribution in [0.4, 0.5) is 0 Å². The second-order valence-corrected chi connectivity index (χ2v) is 10.0. The first-order chi connectivity index (χ1) is 10.6. The third kappa shape index (κ3) is 3.16. The molecule has 0 radical (unpaired) electrons. The summed E-state index contributed by atoms with van der Waals surface area (Å²) in [6.07, 6.45) is 2.28. The minimum Gasteiger partial charge on any atom is -0.411 e. The molecule has 22 heavy (non-hydrogen) atoms. The van der Waals surface area contributed by atoms with Crippen molar-refractivity contribution in [2.24, 2.45) is 0 Å². The summed E-state index contributed by atoms with van der Waals surface area (Å²) in [5, 5.41) is 0. The smallest absolute Gasteiger partial charge is 0.254 e. The predicted octanol–water partition coefficient (Wildman–Crippen LogP) is 4.48. The van der Waals surface area contributed by atoms with Gasteiger partial charge < -0.3 is 13.9 Å². The Kier molecular flexibility index (Phi) is 6.21. The first-order valence-corrected chi connectivity index (χ1v) is 11.2. The zero-order valence-electron chi connectivity index (χ0n) is 14.4. The van der Waals surface area contributed by atoms with E-state index in [1.165, 1.54) is 12.0 Å². The van der Waals surface area contributed by atoms with Crippen molar-refractivity contribution < 1.29 is 13.9 Å². The summed E-state index contributed by atoms with van der Waals surface area (Å²) in [4.78, 5) is 0. The van der Waals surface area contributed by atoms with Gasteiger partial charge in [0.05, 0.1) is 0 Å². The van der Waals surface area contributed by atoms with Gasteiger partial charge >= 0.3 is 0 Å². The third-order valence-electron chi connectivity index (χ3n) is 4.72. The summed E-state index contributed by atoms with van der Waals surface area (Å²) < 4.78 is 19.1. The maximum atomic E-state index is 6.36. The Morgan fingerprint density at radius 3 is 2.23 bits per heavy atom. The molecule has 4 heteroatoms. The summed E-state index contributed by atoms with van der Waals surface area (Å²) in [6, 6.07) is 11.8. The minimum atomic E-state index is -2.15. The largest absolute Gasteiger partial charge is 0.411 e. The summed E-state index contributed by atoms with van der Waals surface area (Å²) in [6.45, 7) is 10.5. The Labute approximate surface area is 136 Å². The molecule has 1 heterocycles. The van der Waals surface area contributed by atoms with E-state index in [4.69, 9.17) is 13.9 Å². The van der Waals surface area contributed by atoms with E-state index < -0.39 is 13.7 Å². The monoisotopic (exact) mass is 322 g/mol. The molecule has 1 aliphatic rings. The van der Waals surface area contributed by atoms with Crippen LogP contribution in [0.3, 0.4) is 0 Å². The molecular formula is C18H30O3Si. The van der Waals surface area contributed by atoms with Gasteiger partial charge in [0, 0.05) is 25.7 Å². The van der Waals surface area contributed by atoms with Crippen LogP contribution >= 0.6 is 0 Å². The fourth-order valence-electron chi connectivity index (χ4n) is 3.92. The van der Waals surface area contributed by atoms with Crippen LogP contribution in [0, 0.1) is 0 Å². The summed E-state index contributed by atoms with van der Waals surface area (Å²) in [5.74, 6) is 0.255. The first kappa shape index (κ1) is 17.7. The lowest BCUT2D eigenvalue weighted by Gasteiger charge is -2.52. The molecule has 3 nitrogen and oxygen atoms in total. The average Bonchev–Trinajstić information content (AvgIpc) is 2.52. The van der Waals surface area contributed by atoms with Crippen molar-refractivity contribution >= 4 is 8.32 Å². The van der Waals surface area contributed by atoms with E-state index in [0.29, 0.717) is 13.2 Å². The van der Waals surface area contributed by atoms with Crippen LogP contribution in [0.5, 0.6) is 0 Å². The van der Waals surface area contributed by atoms with Gasteiger partial charge in [-0.3, -0.25) is 0 Å². The van der Waals surface area contributed by atoms with E-state index in [1.807, 2.05) is 0 Å². The van der Waals surface area contributed by atoms with Gasteiger partial charge in [0.15, 0.2) is 5.41 Å². The van der Waals surface area contributed by atoms with Crippen molar-refractivity contribution in [2.75, 3.05) is 19.8 Å². The lowest BCUT2D eigenvalue weighted by atomic mass is 9.92. The van der Waals surface area contributed by atoms with Crippen molar-refractivity contribution in [3.8, 4) is 0 Å². The van der Waals surface area contributed by atoms with Gasteiger partial charge in [0.25, 0.3) is 8.32 Å². The SMILES string of the molecule is CCOC1(OCC)C(c2ccccc2)CCC[Si]1(C)OCC. The fourth-order valence-corrected chi connectivity index (χ4v) is 8.07. The maximum absolute atomic E-state index is 6.36. The fraction of sp³-hybridized carbons (Fsp3) is 0.667. The van der Waals surface area contributed by atoms with Crippen LogP contribution in [0.25, 0.3) is 0 Å². The van der Waals surface area contributed by atoms with Gasteiger partial charge in [-0.15, -0.1) is 0 Å². The van der Waals surface area contributed by atoms with Gasteiger partial charge in [-0.05, 0) is 45.3 Å². The van der Waals surface area contributed by atoms with E-state index in [9.17, 15) is 0 Å². The molecule has 2 unspecified atom stereocenters. The zero-order valence-corrected chi connectivity index (χ0v) is 15.4. The molecule has 0 N–H and O–H groups in total. The van der Waals surface area contributed by atoms with Gasteiger partial charge in [0.1, 0.15) is 0 Å². The van der Waals surface area contributed by atoms with Crippen molar-refractivity contribution in [1.82, 2.24) is 0 Å². The molecule has 1 fully saturated rings. The first-order valence-electron chi connectivity index (χ1n) is 8.60. The second kappa shape index (κ2) is 7.73. The van der Waals surface area contributed by atoms with Crippen LogP contribution in [0.2, 0.25) is 12.6 Å². The van der Waals surface area contributed by atoms with Crippen molar-refractivity contribution in [1.29, 1.82) is 0 Å². The highest BCUT2D eigenvalue weighted by Gasteiger charge is 2.61. The second-order valence-electron chi connectivity index (χ2n) is 6.05. The molecule has 2 atom stereocenters. The lowest BCUT2D eigenvalue weighted by molar-refractivity contribution is -0.210. The summed E-state index contributed by atoms with van der Waals surface area (Å²) in [5.41, 5.74) is 0.731. The van der Waals surface area contributed by atoms with Gasteiger partial charge in [-0.1, -0.05) is 36.8 Å². The van der Waals surface area contributed by atoms with E-state index >= 15 is 0 Å². The highest BCUT2D eigenvalue weighted by molar-refractivity contribution is 6.75. The van der Waals surface area contributed by atoms with Gasteiger partial charge in [-0.2, -0.15) is 0 Å². The number of benzene rings is 1. The van der Waals surface area contributed by atoms with Crippen LogP contribution in [0.1, 0.15) is 45.1 Å². The highest BCUT2D eigenvalue weighted by Crippen LogP contribution is 2.49. The zero-order chi connectivity index (χ0) is 16.1. The summed E-state index contributed by atoms with van der Waals surface area (Å²) in [7, 11) is -2.15. The quantitative estimate of drug-likeness (QED) is 0.547. The molecule has 0 saturated carbocycles. The molecule has 1 saturated heterocycles. The van der Waals surface area contributed by atoms with Crippen LogP contribution in [-0.2, 0) is 13.9 Å². The van der Waals surface area contributed by atoms with E-state index in [0.717, 1.165) is 19.1 Å². The Hall–Kier alpha value is -0.683. The lowest BCUT2D eigenvalue weighted by Crippen LogP contribution is -2.66. The molecule has 1 aromatic carbocycles. The molecule has 0 amide bonds. The Bertz CT molecular complexity index is 441. The predicted molar refractivity (Wildman–Crippen MR) is 92.5 cm³/mol. The molecule has 0 bridgehead atoms. The minimum absolute atomic E-state index is 0.255. The van der Waals surface area contributed by atoms with Gasteiger partial charge in [-0.25, -0.2) is 0 Å². The van der Waals surface area contributed by atoms with E-state index in [-0.39, 0.29) is 5.92 Å². The van der Waals surface area contributed by atoms with E-state index in [1.54, 1.807) is 0 Å². The normalized spacial score (nSPS) is 27.7. The number of ether oxygens (including phenoxy) is 2. The van der Waals surface area contributed by atoms with Crippen molar-refractivity contribution in [2.45, 2.75) is 57.5 Å². The Balaban J connectivity index is 2.49. The Morgan fingerprint density at radius 2 is 1.68 bits per heavy atom. The molecule has 124 valence electrons. The maximum Gasteiger partial charge on any atom is 0.254 e. The highest BCUT2D eigenvalue weighted by atomic mass is 28.4. The average molecular weight is 323 g/mol. The molecule has 0 spiro atoms. The van der Waals surface area contributed by atoms with Crippen LogP contribution in [0.15, 0.2) is 30.3 Å². The van der Waals surface area contributed by atoms with Gasteiger partial charge in [0.2, 0.25) is 0 Å².